The van der Waals surface area contributed by atoms with Crippen molar-refractivity contribution < 1.29 is 12.8 Å². The summed E-state index contributed by atoms with van der Waals surface area (Å²) in [6, 6.07) is 13.4. The lowest BCUT2D eigenvalue weighted by Crippen LogP contribution is -2.20. The third-order valence-corrected chi connectivity index (χ3v) is 6.12. The van der Waals surface area contributed by atoms with Crippen molar-refractivity contribution >= 4 is 20.9 Å². The van der Waals surface area contributed by atoms with Gasteiger partial charge in [0.1, 0.15) is 11.5 Å². The van der Waals surface area contributed by atoms with Gasteiger partial charge in [0, 0.05) is 34.0 Å². The molecule has 1 aromatic carbocycles. The predicted octanol–water partition coefficient (Wildman–Crippen LogP) is 4.51. The quantitative estimate of drug-likeness (QED) is 0.451. The topological polar surface area (TPSA) is 105 Å². The van der Waals surface area contributed by atoms with Gasteiger partial charge in [-0.05, 0) is 60.4 Å². The number of sulfonamides is 1. The van der Waals surface area contributed by atoms with Gasteiger partial charge in [0.2, 0.25) is 10.0 Å². The number of rotatable bonds is 5. The van der Waals surface area contributed by atoms with Crippen molar-refractivity contribution in [2.75, 3.05) is 6.26 Å². The Morgan fingerprint density at radius 3 is 2.48 bits per heavy atom. The van der Waals surface area contributed by atoms with Gasteiger partial charge >= 0.3 is 0 Å². The summed E-state index contributed by atoms with van der Waals surface area (Å²) in [6.07, 6.45) is 2.81. The second-order valence-corrected chi connectivity index (χ2v) is 11.1. The van der Waals surface area contributed by atoms with Gasteiger partial charge in [-0.1, -0.05) is 20.8 Å². The molecule has 0 saturated heterocycles. The summed E-state index contributed by atoms with van der Waals surface area (Å²) in [6.45, 7) is 8.31. The summed E-state index contributed by atoms with van der Waals surface area (Å²) in [5.74, 6) is 1.09. The number of hydrogen-bond acceptors (Lipinski definition) is 5. The van der Waals surface area contributed by atoms with Crippen molar-refractivity contribution in [2.24, 2.45) is 0 Å². The molecule has 4 aromatic rings. The smallest absolute Gasteiger partial charge is 0.256 e. The van der Waals surface area contributed by atoms with Crippen LogP contribution in [0.5, 0.6) is 0 Å². The Kier molecular flexibility index (Phi) is 5.76. The van der Waals surface area contributed by atoms with Crippen LogP contribution in [-0.4, -0.2) is 24.6 Å². The van der Waals surface area contributed by atoms with Gasteiger partial charge in [0.15, 0.2) is 0 Å². The highest BCUT2D eigenvalue weighted by Crippen LogP contribution is 2.34. The van der Waals surface area contributed by atoms with Crippen LogP contribution in [0.15, 0.2) is 57.9 Å². The predicted molar refractivity (Wildman–Crippen MR) is 131 cm³/mol. The van der Waals surface area contributed by atoms with Gasteiger partial charge in [0.05, 0.1) is 18.3 Å². The highest BCUT2D eigenvalue weighted by atomic mass is 32.2. The van der Waals surface area contributed by atoms with Crippen LogP contribution in [0.2, 0.25) is 0 Å². The van der Waals surface area contributed by atoms with E-state index in [4.69, 9.17) is 9.40 Å². The molecule has 0 saturated carbocycles. The van der Waals surface area contributed by atoms with E-state index in [2.05, 4.69) is 36.5 Å². The van der Waals surface area contributed by atoms with Crippen molar-refractivity contribution in [3.63, 3.8) is 0 Å². The Balaban J connectivity index is 1.84. The zero-order chi connectivity index (χ0) is 24.0. The molecule has 0 unspecified atom stereocenters. The van der Waals surface area contributed by atoms with Crippen LogP contribution >= 0.6 is 0 Å². The molecule has 8 heteroatoms. The van der Waals surface area contributed by atoms with E-state index in [0.717, 1.165) is 39.5 Å². The van der Waals surface area contributed by atoms with Crippen molar-refractivity contribution in [3.8, 4) is 22.5 Å². The molecule has 4 rings (SSSR count). The Morgan fingerprint density at radius 1 is 1.06 bits per heavy atom. The Hall–Kier alpha value is -3.23. The molecule has 0 amide bonds. The van der Waals surface area contributed by atoms with E-state index in [1.165, 1.54) is 0 Å². The normalized spacial score (nSPS) is 12.4. The number of aromatic nitrogens is 2. The summed E-state index contributed by atoms with van der Waals surface area (Å²) in [7, 11) is -3.31. The Morgan fingerprint density at radius 2 is 1.82 bits per heavy atom. The van der Waals surface area contributed by atoms with Gasteiger partial charge < -0.3 is 9.40 Å². The van der Waals surface area contributed by atoms with E-state index in [-0.39, 0.29) is 17.5 Å². The molecule has 7 nitrogen and oxygen atoms in total. The summed E-state index contributed by atoms with van der Waals surface area (Å²) >= 11 is 0. The standard InChI is InChI=1S/C25H27N3O4S/c1-15-6-8-20(24(29)28-15)21-12-18(25(2,3)4)11-16-10-17(13-26-23(16)21)22-9-7-19(32-22)14-27-33(5,30)31/h6-13,27H,14H2,1-5H3,(H,28,29). The number of nitrogens with zero attached hydrogens (tertiary/aromatic N) is 1. The van der Waals surface area contributed by atoms with Crippen LogP contribution in [0.1, 0.15) is 37.8 Å². The van der Waals surface area contributed by atoms with Crippen LogP contribution in [0, 0.1) is 6.92 Å². The minimum absolute atomic E-state index is 0.0777. The van der Waals surface area contributed by atoms with Crippen LogP contribution in [-0.2, 0) is 22.0 Å². The van der Waals surface area contributed by atoms with E-state index in [9.17, 15) is 13.2 Å². The summed E-state index contributed by atoms with van der Waals surface area (Å²) in [4.78, 5) is 20.3. The number of benzene rings is 1. The molecule has 0 aliphatic heterocycles. The molecule has 0 fully saturated rings. The second-order valence-electron chi connectivity index (χ2n) is 9.31. The number of aryl methyl sites for hydroxylation is 1. The first-order valence-corrected chi connectivity index (χ1v) is 12.5. The number of fused-ring (bicyclic) bond motifs is 1. The third kappa shape index (κ3) is 5.07. The SMILES string of the molecule is Cc1ccc(-c2cc(C(C)(C)C)cc3cc(-c4ccc(CNS(C)(=O)=O)o4)cnc23)c(=O)[nH]1. The van der Waals surface area contributed by atoms with Gasteiger partial charge in [-0.25, -0.2) is 13.1 Å². The molecule has 0 aliphatic rings. The lowest BCUT2D eigenvalue weighted by atomic mass is 9.84. The summed E-state index contributed by atoms with van der Waals surface area (Å²) in [5, 5.41) is 0.891. The largest absolute Gasteiger partial charge is 0.460 e. The minimum atomic E-state index is -3.31. The van der Waals surface area contributed by atoms with Gasteiger partial charge in [-0.15, -0.1) is 0 Å². The van der Waals surface area contributed by atoms with Gasteiger partial charge in [-0.2, -0.15) is 0 Å². The van der Waals surface area contributed by atoms with Crippen molar-refractivity contribution in [1.29, 1.82) is 0 Å². The summed E-state index contributed by atoms with van der Waals surface area (Å²) in [5.41, 5.74) is 4.45. The fourth-order valence-electron chi connectivity index (χ4n) is 3.64. The van der Waals surface area contributed by atoms with E-state index < -0.39 is 10.0 Å². The van der Waals surface area contributed by atoms with Crippen LogP contribution in [0.25, 0.3) is 33.4 Å². The highest BCUT2D eigenvalue weighted by Gasteiger charge is 2.19. The Labute approximate surface area is 192 Å². The number of aromatic amines is 1. The third-order valence-electron chi connectivity index (χ3n) is 5.45. The van der Waals surface area contributed by atoms with Crippen molar-refractivity contribution in [2.45, 2.75) is 39.7 Å². The van der Waals surface area contributed by atoms with Crippen molar-refractivity contribution in [1.82, 2.24) is 14.7 Å². The number of nitrogens with one attached hydrogen (secondary N) is 2. The molecule has 0 atom stereocenters. The zero-order valence-corrected chi connectivity index (χ0v) is 20.1. The first-order valence-electron chi connectivity index (χ1n) is 10.6. The maximum Gasteiger partial charge on any atom is 0.256 e. The molecular weight excluding hydrogens is 438 g/mol. The van der Waals surface area contributed by atoms with E-state index in [1.54, 1.807) is 18.3 Å². The van der Waals surface area contributed by atoms with Crippen molar-refractivity contribution in [3.05, 3.63) is 76.0 Å². The van der Waals surface area contributed by atoms with E-state index in [0.29, 0.717) is 17.1 Å². The first kappa shape index (κ1) is 22.9. The zero-order valence-electron chi connectivity index (χ0n) is 19.3. The van der Waals surface area contributed by atoms with Crippen LogP contribution in [0.4, 0.5) is 0 Å². The fourth-order valence-corrected chi connectivity index (χ4v) is 4.04. The second kappa shape index (κ2) is 8.28. The molecule has 33 heavy (non-hydrogen) atoms. The average molecular weight is 466 g/mol. The van der Waals surface area contributed by atoms with E-state index in [1.807, 2.05) is 31.2 Å². The van der Waals surface area contributed by atoms with Crippen LogP contribution in [0.3, 0.4) is 0 Å². The maximum atomic E-state index is 12.7. The van der Waals surface area contributed by atoms with E-state index >= 15 is 0 Å². The average Bonchev–Trinajstić information content (AvgIpc) is 3.19. The molecule has 0 radical (unpaired) electrons. The highest BCUT2D eigenvalue weighted by molar-refractivity contribution is 7.88. The molecule has 172 valence electrons. The molecule has 3 heterocycles. The van der Waals surface area contributed by atoms with Gasteiger partial charge in [-0.3, -0.25) is 9.78 Å². The summed E-state index contributed by atoms with van der Waals surface area (Å²) < 4.78 is 30.9. The molecular formula is C25H27N3O4S. The fraction of sp³-hybridized carbons (Fsp3) is 0.280. The number of H-pyrrole nitrogens is 1. The maximum absolute atomic E-state index is 12.7. The number of furan rings is 1. The molecule has 3 aromatic heterocycles. The lowest BCUT2D eigenvalue weighted by molar-refractivity contribution is 0.510. The molecule has 0 spiro atoms. The lowest BCUT2D eigenvalue weighted by Gasteiger charge is -2.21. The van der Waals surface area contributed by atoms with Crippen LogP contribution < -0.4 is 10.3 Å². The number of pyridine rings is 2. The van der Waals surface area contributed by atoms with Gasteiger partial charge in [0.25, 0.3) is 5.56 Å². The molecule has 2 N–H and O–H groups in total. The Bertz CT molecular complexity index is 1510. The number of hydrogen-bond donors (Lipinski definition) is 2. The monoisotopic (exact) mass is 465 g/mol. The minimum Gasteiger partial charge on any atom is -0.460 e. The molecule has 0 bridgehead atoms. The first-order chi connectivity index (χ1) is 15.4. The molecule has 0 aliphatic carbocycles.